The standard InChI is InChI=1S/C13H18ClNOS/c1-3-8-17-10-13(16)15(2)9-11-6-4-5-7-12(11)14/h4-7H,3,8-10H2,1-2H3. The van der Waals surface area contributed by atoms with Crippen LogP contribution in [-0.2, 0) is 11.3 Å². The van der Waals surface area contributed by atoms with Crippen molar-refractivity contribution >= 4 is 29.3 Å². The Labute approximate surface area is 112 Å². The highest BCUT2D eigenvalue weighted by Crippen LogP contribution is 2.16. The fourth-order valence-corrected chi connectivity index (χ4v) is 2.41. The van der Waals surface area contributed by atoms with Gasteiger partial charge in [-0.1, -0.05) is 36.7 Å². The summed E-state index contributed by atoms with van der Waals surface area (Å²) in [6.07, 6.45) is 1.10. The largest absolute Gasteiger partial charge is 0.341 e. The van der Waals surface area contributed by atoms with E-state index in [2.05, 4.69) is 6.92 Å². The van der Waals surface area contributed by atoms with Crippen LogP contribution in [0.25, 0.3) is 0 Å². The normalized spacial score (nSPS) is 10.3. The third kappa shape index (κ3) is 5.00. The predicted molar refractivity (Wildman–Crippen MR) is 75.5 cm³/mol. The Balaban J connectivity index is 2.46. The molecule has 1 aromatic rings. The minimum absolute atomic E-state index is 0.156. The molecule has 2 nitrogen and oxygen atoms in total. The van der Waals surface area contributed by atoms with E-state index >= 15 is 0 Å². The third-order valence-electron chi connectivity index (χ3n) is 2.37. The summed E-state index contributed by atoms with van der Waals surface area (Å²) in [6, 6.07) is 7.63. The summed E-state index contributed by atoms with van der Waals surface area (Å²) in [5.74, 6) is 1.74. The number of nitrogens with zero attached hydrogens (tertiary/aromatic N) is 1. The lowest BCUT2D eigenvalue weighted by atomic mass is 10.2. The molecule has 0 aliphatic carbocycles. The first kappa shape index (κ1) is 14.4. The van der Waals surface area contributed by atoms with Crippen molar-refractivity contribution < 1.29 is 4.79 Å². The Morgan fingerprint density at radius 1 is 1.41 bits per heavy atom. The zero-order chi connectivity index (χ0) is 12.7. The Bertz CT molecular complexity index is 370. The van der Waals surface area contributed by atoms with E-state index in [0.29, 0.717) is 17.3 Å². The number of carbonyl (C=O) groups excluding carboxylic acids is 1. The molecule has 1 aromatic carbocycles. The quantitative estimate of drug-likeness (QED) is 0.739. The molecule has 0 atom stereocenters. The number of rotatable bonds is 6. The van der Waals surface area contributed by atoms with Crippen LogP contribution in [0.15, 0.2) is 24.3 Å². The van der Waals surface area contributed by atoms with Gasteiger partial charge in [-0.3, -0.25) is 4.79 Å². The van der Waals surface area contributed by atoms with Gasteiger partial charge in [0.25, 0.3) is 0 Å². The van der Waals surface area contributed by atoms with Crippen molar-refractivity contribution in [2.45, 2.75) is 19.9 Å². The van der Waals surface area contributed by atoms with E-state index in [1.807, 2.05) is 31.3 Å². The van der Waals surface area contributed by atoms with Gasteiger partial charge < -0.3 is 4.90 Å². The van der Waals surface area contributed by atoms with Gasteiger partial charge in [-0.2, -0.15) is 11.8 Å². The van der Waals surface area contributed by atoms with Gasteiger partial charge in [-0.05, 0) is 23.8 Å². The second kappa shape index (κ2) is 7.62. The summed E-state index contributed by atoms with van der Waals surface area (Å²) in [6.45, 7) is 2.69. The number of thioether (sulfide) groups is 1. The van der Waals surface area contributed by atoms with Crippen molar-refractivity contribution in [3.05, 3.63) is 34.9 Å². The molecule has 0 aliphatic heterocycles. The molecule has 0 heterocycles. The lowest BCUT2D eigenvalue weighted by Crippen LogP contribution is -2.28. The number of hydrogen-bond acceptors (Lipinski definition) is 2. The van der Waals surface area contributed by atoms with Crippen LogP contribution in [0.4, 0.5) is 0 Å². The second-order valence-electron chi connectivity index (χ2n) is 3.89. The van der Waals surface area contributed by atoms with Crippen molar-refractivity contribution in [1.29, 1.82) is 0 Å². The van der Waals surface area contributed by atoms with Gasteiger partial charge >= 0.3 is 0 Å². The topological polar surface area (TPSA) is 20.3 Å². The van der Waals surface area contributed by atoms with Crippen molar-refractivity contribution in [2.24, 2.45) is 0 Å². The van der Waals surface area contributed by atoms with Gasteiger partial charge in [0.15, 0.2) is 0 Å². The molecular formula is C13H18ClNOS. The van der Waals surface area contributed by atoms with Crippen LogP contribution in [0.1, 0.15) is 18.9 Å². The maximum atomic E-state index is 11.8. The molecule has 0 radical (unpaired) electrons. The van der Waals surface area contributed by atoms with Gasteiger partial charge in [0, 0.05) is 18.6 Å². The van der Waals surface area contributed by atoms with Crippen LogP contribution in [0.5, 0.6) is 0 Å². The molecule has 0 spiro atoms. The Kier molecular flexibility index (Phi) is 6.45. The van der Waals surface area contributed by atoms with Gasteiger partial charge in [0.05, 0.1) is 5.75 Å². The summed E-state index contributed by atoms with van der Waals surface area (Å²) in [5, 5.41) is 0.716. The van der Waals surface area contributed by atoms with Gasteiger partial charge in [0.2, 0.25) is 5.91 Å². The summed E-state index contributed by atoms with van der Waals surface area (Å²) in [4.78, 5) is 13.5. The van der Waals surface area contributed by atoms with E-state index in [1.54, 1.807) is 16.7 Å². The maximum Gasteiger partial charge on any atom is 0.232 e. The number of hydrogen-bond donors (Lipinski definition) is 0. The molecule has 1 rings (SSSR count). The van der Waals surface area contributed by atoms with Crippen LogP contribution in [0.3, 0.4) is 0 Å². The summed E-state index contributed by atoms with van der Waals surface area (Å²) < 4.78 is 0. The molecule has 0 aromatic heterocycles. The molecule has 0 N–H and O–H groups in total. The molecule has 0 aliphatic rings. The molecule has 1 amide bonds. The molecule has 17 heavy (non-hydrogen) atoms. The summed E-state index contributed by atoms with van der Waals surface area (Å²) in [5.41, 5.74) is 0.991. The minimum atomic E-state index is 0.156. The van der Waals surface area contributed by atoms with E-state index < -0.39 is 0 Å². The molecule has 0 saturated heterocycles. The van der Waals surface area contributed by atoms with Crippen LogP contribution < -0.4 is 0 Å². The minimum Gasteiger partial charge on any atom is -0.341 e. The fraction of sp³-hybridized carbons (Fsp3) is 0.462. The van der Waals surface area contributed by atoms with Gasteiger partial charge in [0.1, 0.15) is 0 Å². The number of benzene rings is 1. The van der Waals surface area contributed by atoms with E-state index in [-0.39, 0.29) is 5.91 Å². The zero-order valence-corrected chi connectivity index (χ0v) is 11.9. The summed E-state index contributed by atoms with van der Waals surface area (Å²) in [7, 11) is 1.82. The highest BCUT2D eigenvalue weighted by molar-refractivity contribution is 7.99. The van der Waals surface area contributed by atoms with Crippen LogP contribution in [-0.4, -0.2) is 29.4 Å². The van der Waals surface area contributed by atoms with Crippen molar-refractivity contribution in [2.75, 3.05) is 18.6 Å². The highest BCUT2D eigenvalue weighted by Gasteiger charge is 2.10. The van der Waals surface area contributed by atoms with Crippen molar-refractivity contribution in [3.63, 3.8) is 0 Å². The number of amides is 1. The Morgan fingerprint density at radius 2 is 2.12 bits per heavy atom. The van der Waals surface area contributed by atoms with Crippen LogP contribution >= 0.6 is 23.4 Å². The first-order valence-corrected chi connectivity index (χ1v) is 7.23. The smallest absolute Gasteiger partial charge is 0.232 e. The van der Waals surface area contributed by atoms with E-state index in [4.69, 9.17) is 11.6 Å². The molecule has 94 valence electrons. The van der Waals surface area contributed by atoms with Crippen LogP contribution in [0.2, 0.25) is 5.02 Å². The molecular weight excluding hydrogens is 254 g/mol. The van der Waals surface area contributed by atoms with Gasteiger partial charge in [-0.25, -0.2) is 0 Å². The van der Waals surface area contributed by atoms with E-state index in [9.17, 15) is 4.79 Å². The Morgan fingerprint density at radius 3 is 2.76 bits per heavy atom. The first-order chi connectivity index (χ1) is 8.15. The third-order valence-corrected chi connectivity index (χ3v) is 3.88. The van der Waals surface area contributed by atoms with Crippen LogP contribution in [0, 0.1) is 0 Å². The highest BCUT2D eigenvalue weighted by atomic mass is 35.5. The lowest BCUT2D eigenvalue weighted by molar-refractivity contribution is -0.127. The second-order valence-corrected chi connectivity index (χ2v) is 5.41. The molecule has 0 saturated carbocycles. The van der Waals surface area contributed by atoms with E-state index in [0.717, 1.165) is 17.7 Å². The first-order valence-electron chi connectivity index (χ1n) is 5.70. The van der Waals surface area contributed by atoms with E-state index in [1.165, 1.54) is 0 Å². The zero-order valence-electron chi connectivity index (χ0n) is 10.3. The SMILES string of the molecule is CCCSCC(=O)N(C)Cc1ccccc1Cl. The summed E-state index contributed by atoms with van der Waals surface area (Å²) >= 11 is 7.74. The monoisotopic (exact) mass is 271 g/mol. The fourth-order valence-electron chi connectivity index (χ4n) is 1.38. The molecule has 4 heteroatoms. The van der Waals surface area contributed by atoms with Gasteiger partial charge in [-0.15, -0.1) is 0 Å². The lowest BCUT2D eigenvalue weighted by Gasteiger charge is -2.17. The van der Waals surface area contributed by atoms with Crippen molar-refractivity contribution in [3.8, 4) is 0 Å². The number of halogens is 1. The maximum absolute atomic E-state index is 11.8. The molecule has 0 unspecified atom stereocenters. The van der Waals surface area contributed by atoms with Crippen molar-refractivity contribution in [1.82, 2.24) is 4.90 Å². The Hall–Kier alpha value is -0.670. The average molecular weight is 272 g/mol. The number of carbonyl (C=O) groups is 1. The molecule has 0 fully saturated rings. The predicted octanol–water partition coefficient (Wildman–Crippen LogP) is 3.44. The average Bonchev–Trinajstić information content (AvgIpc) is 2.32. The molecule has 0 bridgehead atoms.